The minimum atomic E-state index is 0.0826. The Morgan fingerprint density at radius 3 is 2.76 bits per heavy atom. The highest BCUT2D eigenvalue weighted by molar-refractivity contribution is 9.09. The normalized spacial score (nSPS) is 42.2. The van der Waals surface area contributed by atoms with Crippen molar-refractivity contribution in [3.8, 4) is 0 Å². The van der Waals surface area contributed by atoms with Crippen LogP contribution in [-0.2, 0) is 9.31 Å². The van der Waals surface area contributed by atoms with Gasteiger partial charge in [0.05, 0.1) is 12.2 Å². The molecule has 3 aliphatic carbocycles. The Hall–Kier alpha value is 0.465. The van der Waals surface area contributed by atoms with Crippen LogP contribution in [0.3, 0.4) is 0 Å². The van der Waals surface area contributed by atoms with Crippen LogP contribution in [0.5, 0.6) is 0 Å². The molecule has 2 bridgehead atoms. The Balaban J connectivity index is 1.56. The topological polar surface area (TPSA) is 18.5 Å². The van der Waals surface area contributed by atoms with Gasteiger partial charge in [-0.2, -0.15) is 0 Å². The van der Waals surface area contributed by atoms with E-state index in [2.05, 4.69) is 29.8 Å². The molecule has 0 amide bonds. The maximum absolute atomic E-state index is 6.16. The quantitative estimate of drug-likeness (QED) is 0.449. The second-order valence-corrected chi connectivity index (χ2v) is 7.28. The molecule has 4 fully saturated rings. The van der Waals surface area contributed by atoms with Gasteiger partial charge in [-0.1, -0.05) is 36.2 Å². The van der Waals surface area contributed by atoms with Gasteiger partial charge in [-0.3, -0.25) is 0 Å². The number of rotatable bonds is 4. The molecule has 4 aliphatic rings. The molecule has 96 valence electrons. The number of alkyl halides is 1. The van der Waals surface area contributed by atoms with E-state index < -0.39 is 0 Å². The molecular formula is C13H22BBrO2. The van der Waals surface area contributed by atoms with Crippen molar-refractivity contribution in [1.29, 1.82) is 0 Å². The molecule has 0 spiro atoms. The van der Waals surface area contributed by atoms with Crippen LogP contribution in [0.4, 0.5) is 0 Å². The summed E-state index contributed by atoms with van der Waals surface area (Å²) in [4.78, 5) is 0. The van der Waals surface area contributed by atoms with Crippen LogP contribution < -0.4 is 0 Å². The van der Waals surface area contributed by atoms with E-state index in [1.54, 1.807) is 0 Å². The van der Waals surface area contributed by atoms with Crippen molar-refractivity contribution in [3.05, 3.63) is 0 Å². The number of hydrogen-bond donors (Lipinski definition) is 0. The molecule has 4 atom stereocenters. The van der Waals surface area contributed by atoms with Gasteiger partial charge in [0.2, 0.25) is 0 Å². The highest BCUT2D eigenvalue weighted by Crippen LogP contribution is 2.61. The predicted molar refractivity (Wildman–Crippen MR) is 73.3 cm³/mol. The van der Waals surface area contributed by atoms with Gasteiger partial charge in [-0.25, -0.2) is 0 Å². The van der Waals surface area contributed by atoms with Crippen LogP contribution in [0.2, 0.25) is 6.32 Å². The molecule has 4 heteroatoms. The van der Waals surface area contributed by atoms with E-state index in [0.717, 1.165) is 23.5 Å². The van der Waals surface area contributed by atoms with Crippen molar-refractivity contribution >= 4 is 23.0 Å². The monoisotopic (exact) mass is 300 g/mol. The first kappa shape index (κ1) is 12.5. The predicted octanol–water partition coefficient (Wildman–Crippen LogP) is 3.50. The van der Waals surface area contributed by atoms with Crippen molar-refractivity contribution in [2.45, 2.75) is 58.1 Å². The van der Waals surface area contributed by atoms with E-state index in [-0.39, 0.29) is 7.12 Å². The van der Waals surface area contributed by atoms with Crippen LogP contribution in [-0.4, -0.2) is 24.7 Å². The lowest BCUT2D eigenvalue weighted by Gasteiger charge is -2.60. The molecule has 3 unspecified atom stereocenters. The summed E-state index contributed by atoms with van der Waals surface area (Å²) in [5, 5.41) is 1.09. The summed E-state index contributed by atoms with van der Waals surface area (Å²) in [5.41, 5.74) is 0.495. The van der Waals surface area contributed by atoms with E-state index in [1.165, 1.54) is 25.7 Å². The lowest BCUT2D eigenvalue weighted by Crippen LogP contribution is -2.59. The molecule has 2 nitrogen and oxygen atoms in total. The summed E-state index contributed by atoms with van der Waals surface area (Å²) in [7, 11) is 0.0826. The van der Waals surface area contributed by atoms with E-state index in [0.29, 0.717) is 17.6 Å². The molecule has 4 rings (SSSR count). The molecular weight excluding hydrogens is 279 g/mol. The number of unbranched alkanes of at least 4 members (excludes halogenated alkanes) is 1. The van der Waals surface area contributed by atoms with Crippen LogP contribution in [0, 0.1) is 17.3 Å². The van der Waals surface area contributed by atoms with Crippen molar-refractivity contribution in [1.82, 2.24) is 0 Å². The molecule has 0 radical (unpaired) electrons. The van der Waals surface area contributed by atoms with Crippen molar-refractivity contribution in [2.24, 2.45) is 17.3 Å². The number of hydrogen-bond acceptors (Lipinski definition) is 2. The van der Waals surface area contributed by atoms with Crippen molar-refractivity contribution in [3.63, 3.8) is 0 Å². The fourth-order valence-electron chi connectivity index (χ4n) is 3.95. The fraction of sp³-hybridized carbons (Fsp3) is 1.00. The summed E-state index contributed by atoms with van der Waals surface area (Å²) in [6, 6.07) is 0. The van der Waals surface area contributed by atoms with Gasteiger partial charge in [-0.05, 0) is 42.8 Å². The fourth-order valence-corrected chi connectivity index (χ4v) is 4.34. The lowest BCUT2D eigenvalue weighted by molar-refractivity contribution is -0.150. The lowest BCUT2D eigenvalue weighted by atomic mass is 9.47. The smallest absolute Gasteiger partial charge is 0.406 e. The van der Waals surface area contributed by atoms with Gasteiger partial charge >= 0.3 is 7.12 Å². The first-order valence-electron chi connectivity index (χ1n) is 7.00. The second-order valence-electron chi connectivity index (χ2n) is 6.49. The zero-order valence-corrected chi connectivity index (χ0v) is 12.4. The molecule has 0 N–H and O–H groups in total. The highest BCUT2D eigenvalue weighted by atomic mass is 79.9. The Bertz CT molecular complexity index is 297. The third kappa shape index (κ3) is 2.00. The van der Waals surface area contributed by atoms with Crippen molar-refractivity contribution in [2.75, 3.05) is 5.33 Å². The molecule has 0 aromatic heterocycles. The van der Waals surface area contributed by atoms with Crippen LogP contribution in [0.25, 0.3) is 0 Å². The summed E-state index contributed by atoms with van der Waals surface area (Å²) in [5.74, 6) is 1.62. The third-order valence-corrected chi connectivity index (χ3v) is 5.85. The Kier molecular flexibility index (Phi) is 3.33. The van der Waals surface area contributed by atoms with Gasteiger partial charge in [0, 0.05) is 5.33 Å². The minimum absolute atomic E-state index is 0.0826. The Morgan fingerprint density at radius 2 is 2.06 bits per heavy atom. The Morgan fingerprint density at radius 1 is 1.24 bits per heavy atom. The summed E-state index contributed by atoms with van der Waals surface area (Å²) in [6.45, 7) is 4.81. The third-order valence-electron chi connectivity index (χ3n) is 5.29. The molecule has 1 saturated heterocycles. The summed E-state index contributed by atoms with van der Waals surface area (Å²) < 4.78 is 12.2. The molecule has 17 heavy (non-hydrogen) atoms. The van der Waals surface area contributed by atoms with Crippen LogP contribution in [0.15, 0.2) is 0 Å². The van der Waals surface area contributed by atoms with E-state index >= 15 is 0 Å². The van der Waals surface area contributed by atoms with Crippen LogP contribution in [0.1, 0.15) is 39.5 Å². The first-order valence-corrected chi connectivity index (χ1v) is 8.12. The molecule has 1 aliphatic heterocycles. The average molecular weight is 301 g/mol. The first-order chi connectivity index (χ1) is 8.13. The second kappa shape index (κ2) is 4.54. The van der Waals surface area contributed by atoms with Gasteiger partial charge in [-0.15, -0.1) is 0 Å². The molecule has 3 saturated carbocycles. The van der Waals surface area contributed by atoms with Crippen molar-refractivity contribution < 1.29 is 9.31 Å². The van der Waals surface area contributed by atoms with E-state index in [1.807, 2.05) is 0 Å². The standard InChI is InChI=1S/C13H22BBrO2/c1-13(2)9-7-10(13)12-11(8-9)16-14(17-12)5-3-4-6-15/h9-12H,3-8H2,1-2H3/t9-,10?,11?,12?/m0/s1. The SMILES string of the molecule is CC1(C)C2C[C@H]1CC1OB(CCCCBr)OC12. The molecule has 1 heterocycles. The van der Waals surface area contributed by atoms with E-state index in [9.17, 15) is 0 Å². The average Bonchev–Trinajstić information content (AvgIpc) is 2.71. The summed E-state index contributed by atoms with van der Waals surface area (Å²) >= 11 is 3.47. The van der Waals surface area contributed by atoms with Gasteiger partial charge < -0.3 is 9.31 Å². The van der Waals surface area contributed by atoms with Gasteiger partial charge in [0.1, 0.15) is 0 Å². The Labute approximate surface area is 113 Å². The summed E-state index contributed by atoms with van der Waals surface area (Å²) in [6.07, 6.45) is 6.87. The molecule has 0 aromatic carbocycles. The maximum Gasteiger partial charge on any atom is 0.457 e. The van der Waals surface area contributed by atoms with Gasteiger partial charge in [0.15, 0.2) is 0 Å². The largest absolute Gasteiger partial charge is 0.457 e. The highest BCUT2D eigenvalue weighted by Gasteiger charge is 2.61. The molecule has 0 aromatic rings. The minimum Gasteiger partial charge on any atom is -0.406 e. The maximum atomic E-state index is 6.16. The number of halogens is 1. The van der Waals surface area contributed by atoms with E-state index in [4.69, 9.17) is 9.31 Å². The van der Waals surface area contributed by atoms with Crippen LogP contribution >= 0.6 is 15.9 Å². The zero-order valence-electron chi connectivity index (χ0n) is 10.8. The van der Waals surface area contributed by atoms with Gasteiger partial charge in [0.25, 0.3) is 0 Å². The zero-order chi connectivity index (χ0) is 12.0.